The zero-order valence-electron chi connectivity index (χ0n) is 15.8. The minimum absolute atomic E-state index is 0.0377. The number of rotatable bonds is 4. The Morgan fingerprint density at radius 2 is 2.07 bits per heavy atom. The maximum Gasteiger partial charge on any atom is 0.338 e. The molecule has 0 unspecified atom stereocenters. The highest BCUT2D eigenvalue weighted by Crippen LogP contribution is 2.40. The molecule has 9 heteroatoms. The molecule has 1 aromatic carbocycles. The highest BCUT2D eigenvalue weighted by atomic mass is 79.9. The van der Waals surface area contributed by atoms with Gasteiger partial charge in [-0.1, -0.05) is 33.5 Å². The molecule has 1 aromatic heterocycles. The van der Waals surface area contributed by atoms with Crippen molar-refractivity contribution < 1.29 is 14.3 Å². The van der Waals surface area contributed by atoms with Crippen LogP contribution in [0.1, 0.15) is 50.6 Å². The lowest BCUT2D eigenvalue weighted by atomic mass is 9.94. The van der Waals surface area contributed by atoms with Crippen LogP contribution in [0.4, 0.5) is 5.95 Å². The third kappa shape index (κ3) is 3.50. The van der Waals surface area contributed by atoms with Crippen molar-refractivity contribution in [1.82, 2.24) is 20.2 Å². The van der Waals surface area contributed by atoms with E-state index >= 15 is 0 Å². The SMILES string of the molecule is COc1cc(Br)ccc1[C@H]1C(C(=O)OC2CCCCC2)=C(C)Nc2nnnn21. The molecule has 8 nitrogen and oxygen atoms in total. The van der Waals surface area contributed by atoms with Crippen molar-refractivity contribution >= 4 is 27.8 Å². The molecule has 28 heavy (non-hydrogen) atoms. The minimum atomic E-state index is -0.537. The summed E-state index contributed by atoms with van der Waals surface area (Å²) in [7, 11) is 1.60. The number of halogens is 1. The van der Waals surface area contributed by atoms with Crippen LogP contribution >= 0.6 is 15.9 Å². The fraction of sp³-hybridized carbons (Fsp3) is 0.474. The lowest BCUT2D eigenvalue weighted by Crippen LogP contribution is -2.32. The Morgan fingerprint density at radius 3 is 2.82 bits per heavy atom. The fourth-order valence-electron chi connectivity index (χ4n) is 3.87. The maximum absolute atomic E-state index is 13.2. The Bertz CT molecular complexity index is 920. The van der Waals surface area contributed by atoms with Gasteiger partial charge in [0.15, 0.2) is 0 Å². The number of anilines is 1. The van der Waals surface area contributed by atoms with Crippen LogP contribution in [0.5, 0.6) is 5.75 Å². The number of esters is 1. The molecule has 1 fully saturated rings. The van der Waals surface area contributed by atoms with Gasteiger partial charge in [-0.05, 0) is 55.2 Å². The van der Waals surface area contributed by atoms with Crippen LogP contribution in [-0.4, -0.2) is 39.4 Å². The highest BCUT2D eigenvalue weighted by Gasteiger charge is 2.37. The summed E-state index contributed by atoms with van der Waals surface area (Å²) in [6.07, 6.45) is 5.17. The molecule has 1 N–H and O–H groups in total. The van der Waals surface area contributed by atoms with Gasteiger partial charge in [0.1, 0.15) is 17.9 Å². The molecule has 0 spiro atoms. The molecule has 1 aliphatic heterocycles. The number of tetrazole rings is 1. The van der Waals surface area contributed by atoms with Crippen molar-refractivity contribution in [1.29, 1.82) is 0 Å². The largest absolute Gasteiger partial charge is 0.496 e. The van der Waals surface area contributed by atoms with Gasteiger partial charge in [-0.15, -0.1) is 0 Å². The Labute approximate surface area is 171 Å². The van der Waals surface area contributed by atoms with Gasteiger partial charge in [-0.3, -0.25) is 0 Å². The zero-order valence-corrected chi connectivity index (χ0v) is 17.4. The van der Waals surface area contributed by atoms with Crippen molar-refractivity contribution in [2.75, 3.05) is 12.4 Å². The van der Waals surface area contributed by atoms with E-state index in [1.54, 1.807) is 11.8 Å². The predicted octanol–water partition coefficient (Wildman–Crippen LogP) is 3.61. The summed E-state index contributed by atoms with van der Waals surface area (Å²) in [5, 5.41) is 15.0. The summed E-state index contributed by atoms with van der Waals surface area (Å²) in [4.78, 5) is 13.2. The molecule has 2 aromatic rings. The highest BCUT2D eigenvalue weighted by molar-refractivity contribution is 9.10. The van der Waals surface area contributed by atoms with E-state index < -0.39 is 6.04 Å². The van der Waals surface area contributed by atoms with E-state index in [9.17, 15) is 4.79 Å². The number of hydrogen-bond acceptors (Lipinski definition) is 7. The van der Waals surface area contributed by atoms with Crippen molar-refractivity contribution in [3.8, 4) is 5.75 Å². The van der Waals surface area contributed by atoms with Crippen molar-refractivity contribution in [3.63, 3.8) is 0 Å². The number of nitrogens with one attached hydrogen (secondary N) is 1. The van der Waals surface area contributed by atoms with Crippen molar-refractivity contribution in [2.24, 2.45) is 0 Å². The second kappa shape index (κ2) is 7.90. The Hall–Kier alpha value is -2.42. The van der Waals surface area contributed by atoms with Gasteiger partial charge in [0, 0.05) is 15.7 Å². The van der Waals surface area contributed by atoms with Gasteiger partial charge >= 0.3 is 5.97 Å². The van der Waals surface area contributed by atoms with Crippen LogP contribution in [0.3, 0.4) is 0 Å². The first kappa shape index (κ1) is 18.9. The molecule has 1 atom stereocenters. The summed E-state index contributed by atoms with van der Waals surface area (Å²) >= 11 is 3.46. The number of carbonyl (C=O) groups is 1. The number of benzene rings is 1. The van der Waals surface area contributed by atoms with E-state index in [1.807, 2.05) is 25.1 Å². The third-order valence-electron chi connectivity index (χ3n) is 5.25. The van der Waals surface area contributed by atoms with Crippen molar-refractivity contribution in [2.45, 2.75) is 51.2 Å². The number of fused-ring (bicyclic) bond motifs is 1. The fourth-order valence-corrected chi connectivity index (χ4v) is 4.21. The van der Waals surface area contributed by atoms with Gasteiger partial charge in [-0.2, -0.15) is 4.68 Å². The van der Waals surface area contributed by atoms with E-state index in [0.29, 0.717) is 23.0 Å². The van der Waals surface area contributed by atoms with E-state index in [4.69, 9.17) is 9.47 Å². The first-order chi connectivity index (χ1) is 13.6. The average Bonchev–Trinajstić information content (AvgIpc) is 3.15. The molecule has 2 heterocycles. The minimum Gasteiger partial charge on any atom is -0.496 e. The average molecular weight is 448 g/mol. The lowest BCUT2D eigenvalue weighted by Gasteiger charge is -2.30. The second-order valence-electron chi connectivity index (χ2n) is 7.06. The number of allylic oxidation sites excluding steroid dienone is 1. The smallest absolute Gasteiger partial charge is 0.338 e. The number of aromatic nitrogens is 4. The van der Waals surface area contributed by atoms with E-state index in [2.05, 4.69) is 36.8 Å². The van der Waals surface area contributed by atoms with Gasteiger partial charge in [0.2, 0.25) is 5.95 Å². The summed E-state index contributed by atoms with van der Waals surface area (Å²) in [6, 6.07) is 5.14. The van der Waals surface area contributed by atoms with Gasteiger partial charge in [0.25, 0.3) is 0 Å². The van der Waals surface area contributed by atoms with Gasteiger partial charge in [0.05, 0.1) is 12.7 Å². The molecule has 148 valence electrons. The van der Waals surface area contributed by atoms with E-state index in [0.717, 1.165) is 35.7 Å². The standard InChI is InChI=1S/C19H22BrN5O3/c1-11-16(18(26)28-13-6-4-3-5-7-13)17(25-19(21-11)22-23-24-25)14-9-8-12(20)10-15(14)27-2/h8-10,13,17H,3-7H2,1-2H3,(H,21,22,24)/t17-/m0/s1. The van der Waals surface area contributed by atoms with Crippen LogP contribution in [0.15, 0.2) is 33.9 Å². The number of nitrogens with zero attached hydrogens (tertiary/aromatic N) is 4. The molecular weight excluding hydrogens is 426 g/mol. The molecule has 0 saturated heterocycles. The predicted molar refractivity (Wildman–Crippen MR) is 106 cm³/mol. The van der Waals surface area contributed by atoms with Crippen LogP contribution in [0.25, 0.3) is 0 Å². The van der Waals surface area contributed by atoms with Crippen LogP contribution in [-0.2, 0) is 9.53 Å². The van der Waals surface area contributed by atoms with Crippen LogP contribution in [0.2, 0.25) is 0 Å². The third-order valence-corrected chi connectivity index (χ3v) is 5.74. The topological polar surface area (TPSA) is 91.2 Å². The second-order valence-corrected chi connectivity index (χ2v) is 7.98. The number of carbonyl (C=O) groups excluding carboxylic acids is 1. The molecule has 0 radical (unpaired) electrons. The first-order valence-corrected chi connectivity index (χ1v) is 10.2. The van der Waals surface area contributed by atoms with Crippen molar-refractivity contribution in [3.05, 3.63) is 39.5 Å². The van der Waals surface area contributed by atoms with E-state index in [1.165, 1.54) is 6.42 Å². The molecule has 0 bridgehead atoms. The molecule has 1 aliphatic carbocycles. The molecule has 2 aliphatic rings. The van der Waals surface area contributed by atoms with Gasteiger partial charge < -0.3 is 14.8 Å². The maximum atomic E-state index is 13.2. The summed E-state index contributed by atoms with van der Waals surface area (Å²) < 4.78 is 13.9. The summed E-state index contributed by atoms with van der Waals surface area (Å²) in [5.41, 5.74) is 1.96. The summed E-state index contributed by atoms with van der Waals surface area (Å²) in [5.74, 6) is 0.771. The Kier molecular flexibility index (Phi) is 5.34. The van der Waals surface area contributed by atoms with Crippen LogP contribution in [0, 0.1) is 0 Å². The zero-order chi connectivity index (χ0) is 19.7. The normalized spacial score (nSPS) is 19.8. The summed E-state index contributed by atoms with van der Waals surface area (Å²) in [6.45, 7) is 1.84. The lowest BCUT2D eigenvalue weighted by molar-refractivity contribution is -0.146. The number of ether oxygens (including phenoxy) is 2. The Morgan fingerprint density at radius 1 is 1.29 bits per heavy atom. The first-order valence-electron chi connectivity index (χ1n) is 9.38. The molecular formula is C19H22BrN5O3. The number of methoxy groups -OCH3 is 1. The molecule has 0 amide bonds. The monoisotopic (exact) mass is 447 g/mol. The number of hydrogen-bond donors (Lipinski definition) is 1. The Balaban J connectivity index is 1.75. The van der Waals surface area contributed by atoms with Crippen LogP contribution < -0.4 is 10.1 Å². The molecule has 1 saturated carbocycles. The molecule has 4 rings (SSSR count). The quantitative estimate of drug-likeness (QED) is 0.715. The van der Waals surface area contributed by atoms with E-state index in [-0.39, 0.29) is 12.1 Å². The van der Waals surface area contributed by atoms with Gasteiger partial charge in [-0.25, -0.2) is 4.79 Å².